The third kappa shape index (κ3) is 1.87. The summed E-state index contributed by atoms with van der Waals surface area (Å²) in [6.45, 7) is 0. The molecule has 0 aliphatic heterocycles. The van der Waals surface area contributed by atoms with Crippen molar-refractivity contribution in [2.75, 3.05) is 7.05 Å². The molecule has 0 spiro atoms. The zero-order valence-electron chi connectivity index (χ0n) is 10.00. The van der Waals surface area contributed by atoms with E-state index in [1.807, 2.05) is 37.4 Å². The summed E-state index contributed by atoms with van der Waals surface area (Å²) in [4.78, 5) is 8.40. The van der Waals surface area contributed by atoms with Gasteiger partial charge in [0.05, 0.1) is 11.9 Å². The number of nitrogens with one attached hydrogen (secondary N) is 1. The standard InChI is InChI=1S/C14H13N3O/c1-15-14(11-9-16-6-7-17-11)13-8-10-4-2-3-5-12(10)18-13/h2-9,14-15H,1H3. The van der Waals surface area contributed by atoms with Crippen LogP contribution in [0.1, 0.15) is 17.5 Å². The van der Waals surface area contributed by atoms with E-state index in [-0.39, 0.29) is 6.04 Å². The van der Waals surface area contributed by atoms with Gasteiger partial charge in [-0.3, -0.25) is 9.97 Å². The van der Waals surface area contributed by atoms with Crippen LogP contribution in [-0.2, 0) is 0 Å². The maximum absolute atomic E-state index is 5.85. The van der Waals surface area contributed by atoms with Gasteiger partial charge in [-0.05, 0) is 19.2 Å². The Bertz CT molecular complexity index is 615. The van der Waals surface area contributed by atoms with E-state index in [1.165, 1.54) is 0 Å². The monoisotopic (exact) mass is 239 g/mol. The van der Waals surface area contributed by atoms with Crippen LogP contribution in [0.2, 0.25) is 0 Å². The van der Waals surface area contributed by atoms with E-state index in [0.29, 0.717) is 0 Å². The summed E-state index contributed by atoms with van der Waals surface area (Å²) in [6, 6.07) is 9.91. The molecule has 0 aliphatic carbocycles. The zero-order chi connectivity index (χ0) is 12.4. The highest BCUT2D eigenvalue weighted by molar-refractivity contribution is 5.77. The first-order valence-electron chi connectivity index (χ1n) is 5.80. The highest BCUT2D eigenvalue weighted by atomic mass is 16.3. The first-order chi connectivity index (χ1) is 8.88. The van der Waals surface area contributed by atoms with Crippen molar-refractivity contribution < 1.29 is 4.42 Å². The average molecular weight is 239 g/mol. The maximum Gasteiger partial charge on any atom is 0.134 e. The number of fused-ring (bicyclic) bond motifs is 1. The molecule has 1 N–H and O–H groups in total. The minimum Gasteiger partial charge on any atom is -0.459 e. The molecule has 90 valence electrons. The first kappa shape index (κ1) is 10.9. The number of hydrogen-bond donors (Lipinski definition) is 1. The summed E-state index contributed by atoms with van der Waals surface area (Å²) in [5.41, 5.74) is 1.73. The van der Waals surface area contributed by atoms with Gasteiger partial charge in [0.15, 0.2) is 0 Å². The zero-order valence-corrected chi connectivity index (χ0v) is 10.00. The number of hydrogen-bond acceptors (Lipinski definition) is 4. The molecule has 4 heteroatoms. The number of rotatable bonds is 3. The Balaban J connectivity index is 2.06. The van der Waals surface area contributed by atoms with Crippen LogP contribution < -0.4 is 5.32 Å². The van der Waals surface area contributed by atoms with Crippen molar-refractivity contribution in [3.8, 4) is 0 Å². The largest absolute Gasteiger partial charge is 0.459 e. The number of furan rings is 1. The lowest BCUT2D eigenvalue weighted by molar-refractivity contribution is 0.485. The number of benzene rings is 1. The molecular formula is C14H13N3O. The van der Waals surface area contributed by atoms with Gasteiger partial charge in [-0.15, -0.1) is 0 Å². The van der Waals surface area contributed by atoms with Crippen molar-refractivity contribution in [2.24, 2.45) is 0 Å². The van der Waals surface area contributed by atoms with Gasteiger partial charge in [-0.2, -0.15) is 0 Å². The van der Waals surface area contributed by atoms with Gasteiger partial charge in [0.25, 0.3) is 0 Å². The normalized spacial score (nSPS) is 12.7. The lowest BCUT2D eigenvalue weighted by Crippen LogP contribution is -2.18. The van der Waals surface area contributed by atoms with Crippen LogP contribution in [0.15, 0.2) is 53.3 Å². The van der Waals surface area contributed by atoms with E-state index in [0.717, 1.165) is 22.4 Å². The Hall–Kier alpha value is -2.20. The molecular weight excluding hydrogens is 226 g/mol. The molecule has 0 bridgehead atoms. The van der Waals surface area contributed by atoms with Gasteiger partial charge >= 0.3 is 0 Å². The lowest BCUT2D eigenvalue weighted by Gasteiger charge is -2.11. The molecule has 0 aliphatic rings. The summed E-state index contributed by atoms with van der Waals surface area (Å²) >= 11 is 0. The molecule has 18 heavy (non-hydrogen) atoms. The van der Waals surface area contributed by atoms with Crippen LogP contribution in [-0.4, -0.2) is 17.0 Å². The van der Waals surface area contributed by atoms with E-state index in [2.05, 4.69) is 15.3 Å². The molecule has 0 saturated carbocycles. The number of aromatic nitrogens is 2. The van der Waals surface area contributed by atoms with Gasteiger partial charge in [-0.1, -0.05) is 18.2 Å². The van der Waals surface area contributed by atoms with Gasteiger partial charge in [0.2, 0.25) is 0 Å². The van der Waals surface area contributed by atoms with E-state index < -0.39 is 0 Å². The molecule has 0 amide bonds. The van der Waals surface area contributed by atoms with Crippen molar-refractivity contribution in [1.29, 1.82) is 0 Å². The van der Waals surface area contributed by atoms with Crippen molar-refractivity contribution in [2.45, 2.75) is 6.04 Å². The molecule has 1 unspecified atom stereocenters. The molecule has 1 aromatic carbocycles. The smallest absolute Gasteiger partial charge is 0.134 e. The second-order valence-corrected chi connectivity index (χ2v) is 4.04. The van der Waals surface area contributed by atoms with Crippen LogP contribution in [0.25, 0.3) is 11.0 Å². The summed E-state index contributed by atoms with van der Waals surface area (Å²) in [5.74, 6) is 0.846. The molecule has 0 radical (unpaired) electrons. The summed E-state index contributed by atoms with van der Waals surface area (Å²) in [5, 5.41) is 4.29. The number of nitrogens with zero attached hydrogens (tertiary/aromatic N) is 2. The molecule has 4 nitrogen and oxygen atoms in total. The predicted octanol–water partition coefficient (Wildman–Crippen LogP) is 2.53. The quantitative estimate of drug-likeness (QED) is 0.763. The Morgan fingerprint density at radius 1 is 1.22 bits per heavy atom. The van der Waals surface area contributed by atoms with Crippen molar-refractivity contribution in [1.82, 2.24) is 15.3 Å². The second kappa shape index (κ2) is 4.58. The molecule has 2 heterocycles. The van der Waals surface area contributed by atoms with E-state index in [9.17, 15) is 0 Å². The number of para-hydroxylation sites is 1. The van der Waals surface area contributed by atoms with E-state index >= 15 is 0 Å². The lowest BCUT2D eigenvalue weighted by atomic mass is 10.1. The fraction of sp³-hybridized carbons (Fsp3) is 0.143. The molecule has 3 rings (SSSR count). The Kier molecular flexibility index (Phi) is 2.78. The second-order valence-electron chi connectivity index (χ2n) is 4.04. The predicted molar refractivity (Wildman–Crippen MR) is 69.1 cm³/mol. The summed E-state index contributed by atoms with van der Waals surface area (Å²) in [6.07, 6.45) is 5.09. The minimum absolute atomic E-state index is 0.0777. The fourth-order valence-electron chi connectivity index (χ4n) is 2.04. The van der Waals surface area contributed by atoms with Crippen LogP contribution in [0, 0.1) is 0 Å². The van der Waals surface area contributed by atoms with Crippen LogP contribution >= 0.6 is 0 Å². The third-order valence-corrected chi connectivity index (χ3v) is 2.90. The van der Waals surface area contributed by atoms with Gasteiger partial charge in [-0.25, -0.2) is 0 Å². The van der Waals surface area contributed by atoms with Crippen LogP contribution in [0.4, 0.5) is 0 Å². The molecule has 0 saturated heterocycles. The average Bonchev–Trinajstić information content (AvgIpc) is 2.84. The summed E-state index contributed by atoms with van der Waals surface area (Å²) in [7, 11) is 1.88. The van der Waals surface area contributed by atoms with Crippen molar-refractivity contribution in [3.05, 3.63) is 60.4 Å². The maximum atomic E-state index is 5.85. The molecule has 0 fully saturated rings. The Morgan fingerprint density at radius 3 is 2.83 bits per heavy atom. The SMILES string of the molecule is CNC(c1cnccn1)c1cc2ccccc2o1. The van der Waals surface area contributed by atoms with Crippen molar-refractivity contribution in [3.63, 3.8) is 0 Å². The highest BCUT2D eigenvalue weighted by Crippen LogP contribution is 2.26. The van der Waals surface area contributed by atoms with E-state index in [1.54, 1.807) is 18.6 Å². The third-order valence-electron chi connectivity index (χ3n) is 2.90. The Labute approximate surface area is 105 Å². The van der Waals surface area contributed by atoms with Crippen LogP contribution in [0.5, 0.6) is 0 Å². The van der Waals surface area contributed by atoms with Gasteiger partial charge in [0.1, 0.15) is 17.4 Å². The molecule has 2 aromatic heterocycles. The summed E-state index contributed by atoms with van der Waals surface area (Å²) < 4.78 is 5.85. The first-order valence-corrected chi connectivity index (χ1v) is 5.80. The van der Waals surface area contributed by atoms with E-state index in [4.69, 9.17) is 4.42 Å². The molecule has 3 aromatic rings. The fourth-order valence-corrected chi connectivity index (χ4v) is 2.04. The van der Waals surface area contributed by atoms with Gasteiger partial charge < -0.3 is 9.73 Å². The highest BCUT2D eigenvalue weighted by Gasteiger charge is 2.17. The minimum atomic E-state index is -0.0777. The Morgan fingerprint density at radius 2 is 2.11 bits per heavy atom. The van der Waals surface area contributed by atoms with Gasteiger partial charge in [0, 0.05) is 17.8 Å². The topological polar surface area (TPSA) is 51.0 Å². The van der Waals surface area contributed by atoms with Crippen molar-refractivity contribution >= 4 is 11.0 Å². The molecule has 1 atom stereocenters. The van der Waals surface area contributed by atoms with Crippen LogP contribution in [0.3, 0.4) is 0 Å².